The van der Waals surface area contributed by atoms with Crippen molar-refractivity contribution < 1.29 is 0 Å². The predicted octanol–water partition coefficient (Wildman–Crippen LogP) is 11.3. The first-order chi connectivity index (χ1) is 16.2. The third-order valence-corrected chi connectivity index (χ3v) is 7.41. The van der Waals surface area contributed by atoms with Crippen molar-refractivity contribution in [2.45, 2.75) is 182 Å². The highest BCUT2D eigenvalue weighted by atomic mass is 15.1. The molecule has 0 N–H and O–H groups in total. The van der Waals surface area contributed by atoms with Gasteiger partial charge in [0.05, 0.1) is 0 Å². The molecule has 200 valence electrons. The van der Waals surface area contributed by atoms with E-state index >= 15 is 0 Å². The van der Waals surface area contributed by atoms with E-state index in [0.29, 0.717) is 0 Å². The highest BCUT2D eigenvalue weighted by Gasteiger charge is 2.05. The summed E-state index contributed by atoms with van der Waals surface area (Å²) in [6.07, 6.45) is 34.7. The molecule has 0 unspecified atom stereocenters. The summed E-state index contributed by atoms with van der Waals surface area (Å²) in [7, 11) is 0. The Balaban J connectivity index is 3.86. The minimum Gasteiger partial charge on any atom is -0.303 e. The van der Waals surface area contributed by atoms with Gasteiger partial charge in [0.15, 0.2) is 0 Å². The predicted molar refractivity (Wildman–Crippen MR) is 153 cm³/mol. The largest absolute Gasteiger partial charge is 0.303 e. The summed E-state index contributed by atoms with van der Waals surface area (Å²) in [6.45, 7) is 13.4. The zero-order valence-electron chi connectivity index (χ0n) is 24.1. The first-order valence-electron chi connectivity index (χ1n) is 15.9. The van der Waals surface area contributed by atoms with E-state index in [1.165, 1.54) is 174 Å². The fourth-order valence-corrected chi connectivity index (χ4v) is 5.05. The third kappa shape index (κ3) is 28.1. The second-order valence-electron chi connectivity index (χ2n) is 11.4. The highest BCUT2D eigenvalue weighted by Crippen LogP contribution is 2.14. The average Bonchev–Trinajstić information content (AvgIpc) is 2.80. The molecule has 1 heteroatoms. The summed E-state index contributed by atoms with van der Waals surface area (Å²) >= 11 is 0. The molecule has 0 aromatic rings. The van der Waals surface area contributed by atoms with Crippen molar-refractivity contribution in [2.24, 2.45) is 5.92 Å². The molecule has 0 aliphatic heterocycles. The lowest BCUT2D eigenvalue weighted by atomic mass is 10.0. The molecule has 0 bridgehead atoms. The van der Waals surface area contributed by atoms with Gasteiger partial charge in [-0.1, -0.05) is 163 Å². The Morgan fingerprint density at radius 1 is 0.364 bits per heavy atom. The van der Waals surface area contributed by atoms with Crippen LogP contribution in [0.3, 0.4) is 0 Å². The minimum absolute atomic E-state index is 0.883. The van der Waals surface area contributed by atoms with Gasteiger partial charge < -0.3 is 4.90 Å². The molecule has 0 fully saturated rings. The smallest absolute Gasteiger partial charge is 0.00187 e. The lowest BCUT2D eigenvalue weighted by molar-refractivity contribution is 0.254. The van der Waals surface area contributed by atoms with Crippen LogP contribution in [0.25, 0.3) is 0 Å². The Hall–Kier alpha value is -0.0400. The fraction of sp³-hybridized carbons (Fsp3) is 1.00. The molecule has 0 radical (unpaired) electrons. The van der Waals surface area contributed by atoms with Crippen LogP contribution >= 0.6 is 0 Å². The highest BCUT2D eigenvalue weighted by molar-refractivity contribution is 4.61. The summed E-state index contributed by atoms with van der Waals surface area (Å²) in [5, 5.41) is 0. The van der Waals surface area contributed by atoms with Crippen molar-refractivity contribution in [2.75, 3.05) is 19.6 Å². The molecule has 0 atom stereocenters. The maximum absolute atomic E-state index is 2.83. The number of nitrogens with zero attached hydrogens (tertiary/aromatic N) is 1. The van der Waals surface area contributed by atoms with Crippen molar-refractivity contribution in [3.63, 3.8) is 0 Å². The van der Waals surface area contributed by atoms with Crippen LogP contribution in [0.5, 0.6) is 0 Å². The summed E-state index contributed by atoms with van der Waals surface area (Å²) in [4.78, 5) is 2.83. The van der Waals surface area contributed by atoms with Gasteiger partial charge in [-0.2, -0.15) is 0 Å². The zero-order chi connectivity index (χ0) is 24.2. The topological polar surface area (TPSA) is 3.24 Å². The number of rotatable bonds is 28. The Kier molecular flexibility index (Phi) is 28.2. The second kappa shape index (κ2) is 28.2. The maximum atomic E-state index is 2.83. The standard InChI is InChI=1S/C32H67N/c1-5-7-9-11-13-15-17-21-25-29-33(31-27-23-19-20-24-28-32(3)4)30-26-22-18-16-14-12-10-8-6-2/h32H,5-31H2,1-4H3. The number of unbranched alkanes of at least 4 members (excludes halogenated alkanes) is 20. The van der Waals surface area contributed by atoms with Crippen LogP contribution in [0.4, 0.5) is 0 Å². The normalized spacial score (nSPS) is 11.8. The van der Waals surface area contributed by atoms with E-state index < -0.39 is 0 Å². The van der Waals surface area contributed by atoms with Gasteiger partial charge in [0.2, 0.25) is 0 Å². The monoisotopic (exact) mass is 466 g/mol. The van der Waals surface area contributed by atoms with Crippen LogP contribution in [-0.4, -0.2) is 24.5 Å². The van der Waals surface area contributed by atoms with Crippen LogP contribution in [0.1, 0.15) is 182 Å². The SMILES string of the molecule is CCCCCCCCCCCN(CCCCCCCCCCC)CCCCCCCC(C)C. The van der Waals surface area contributed by atoms with Crippen molar-refractivity contribution in [3.8, 4) is 0 Å². The Bertz CT molecular complexity index is 315. The van der Waals surface area contributed by atoms with Crippen molar-refractivity contribution in [3.05, 3.63) is 0 Å². The van der Waals surface area contributed by atoms with Crippen molar-refractivity contribution >= 4 is 0 Å². The molecule has 0 heterocycles. The summed E-state index contributed by atoms with van der Waals surface area (Å²) in [6, 6.07) is 0. The van der Waals surface area contributed by atoms with E-state index in [0.717, 1.165) is 5.92 Å². The molecule has 0 spiro atoms. The fourth-order valence-electron chi connectivity index (χ4n) is 5.05. The van der Waals surface area contributed by atoms with Crippen LogP contribution in [0, 0.1) is 5.92 Å². The van der Waals surface area contributed by atoms with Gasteiger partial charge in [0, 0.05) is 0 Å². The first kappa shape index (κ1) is 33.0. The first-order valence-corrected chi connectivity index (χ1v) is 15.9. The van der Waals surface area contributed by atoms with Crippen LogP contribution in [-0.2, 0) is 0 Å². The van der Waals surface area contributed by atoms with Crippen LogP contribution < -0.4 is 0 Å². The summed E-state index contributed by atoms with van der Waals surface area (Å²) in [5.41, 5.74) is 0. The van der Waals surface area contributed by atoms with E-state index in [-0.39, 0.29) is 0 Å². The zero-order valence-corrected chi connectivity index (χ0v) is 24.1. The molecule has 0 saturated carbocycles. The Morgan fingerprint density at radius 2 is 0.636 bits per heavy atom. The molecular formula is C32H67N. The quantitative estimate of drug-likeness (QED) is 0.104. The second-order valence-corrected chi connectivity index (χ2v) is 11.4. The lowest BCUT2D eigenvalue weighted by Gasteiger charge is -2.22. The van der Waals surface area contributed by atoms with E-state index in [4.69, 9.17) is 0 Å². The van der Waals surface area contributed by atoms with Crippen LogP contribution in [0.15, 0.2) is 0 Å². The number of hydrogen-bond donors (Lipinski definition) is 0. The van der Waals surface area contributed by atoms with E-state index in [9.17, 15) is 0 Å². The van der Waals surface area contributed by atoms with E-state index in [1.807, 2.05) is 0 Å². The molecule has 0 aromatic heterocycles. The molecule has 33 heavy (non-hydrogen) atoms. The van der Waals surface area contributed by atoms with Gasteiger partial charge in [-0.25, -0.2) is 0 Å². The van der Waals surface area contributed by atoms with E-state index in [2.05, 4.69) is 32.6 Å². The molecule has 0 aliphatic carbocycles. The maximum Gasteiger partial charge on any atom is -0.00187 e. The van der Waals surface area contributed by atoms with Gasteiger partial charge in [-0.05, 0) is 44.8 Å². The van der Waals surface area contributed by atoms with Gasteiger partial charge in [-0.3, -0.25) is 0 Å². The minimum atomic E-state index is 0.883. The molecule has 0 aromatic carbocycles. The third-order valence-electron chi connectivity index (χ3n) is 7.41. The van der Waals surface area contributed by atoms with E-state index in [1.54, 1.807) is 0 Å². The van der Waals surface area contributed by atoms with Gasteiger partial charge in [-0.15, -0.1) is 0 Å². The van der Waals surface area contributed by atoms with Gasteiger partial charge >= 0.3 is 0 Å². The van der Waals surface area contributed by atoms with Gasteiger partial charge in [0.1, 0.15) is 0 Å². The van der Waals surface area contributed by atoms with Crippen molar-refractivity contribution in [1.82, 2.24) is 4.90 Å². The summed E-state index contributed by atoms with van der Waals surface area (Å²) < 4.78 is 0. The summed E-state index contributed by atoms with van der Waals surface area (Å²) in [5.74, 6) is 0.883. The molecule has 0 aliphatic rings. The molecule has 0 amide bonds. The number of hydrogen-bond acceptors (Lipinski definition) is 1. The van der Waals surface area contributed by atoms with Crippen molar-refractivity contribution in [1.29, 1.82) is 0 Å². The Morgan fingerprint density at radius 3 is 0.939 bits per heavy atom. The van der Waals surface area contributed by atoms with Gasteiger partial charge in [0.25, 0.3) is 0 Å². The Labute approximate surface area is 212 Å². The molecule has 0 rings (SSSR count). The lowest BCUT2D eigenvalue weighted by Crippen LogP contribution is -2.27. The molecular weight excluding hydrogens is 398 g/mol. The molecule has 1 nitrogen and oxygen atoms in total. The average molecular weight is 466 g/mol. The molecule has 0 saturated heterocycles. The van der Waals surface area contributed by atoms with Crippen LogP contribution in [0.2, 0.25) is 0 Å².